The minimum Gasteiger partial charge on any atom is -0.490 e. The number of para-hydroxylation sites is 1. The van der Waals surface area contributed by atoms with Crippen molar-refractivity contribution in [3.63, 3.8) is 0 Å². The Morgan fingerprint density at radius 2 is 1.54 bits per heavy atom. The van der Waals surface area contributed by atoms with Crippen LogP contribution >= 0.6 is 12.4 Å². The highest BCUT2D eigenvalue weighted by molar-refractivity contribution is 5.98. The zero-order valence-electron chi connectivity index (χ0n) is 20.6. The van der Waals surface area contributed by atoms with Crippen LogP contribution < -0.4 is 4.74 Å². The number of carbonyl (C=O) groups is 2. The number of piperazine rings is 1. The fourth-order valence-corrected chi connectivity index (χ4v) is 4.30. The molecule has 1 amide bonds. The molecule has 0 aliphatic carbocycles. The van der Waals surface area contributed by atoms with Crippen molar-refractivity contribution in [2.75, 3.05) is 39.3 Å². The molecule has 0 radical (unpaired) electrons. The molecule has 8 heteroatoms. The van der Waals surface area contributed by atoms with Gasteiger partial charge in [0.15, 0.2) is 5.78 Å². The Morgan fingerprint density at radius 3 is 2.24 bits per heavy atom. The molecule has 1 fully saturated rings. The predicted octanol–water partition coefficient (Wildman–Crippen LogP) is 4.26. The summed E-state index contributed by atoms with van der Waals surface area (Å²) in [7, 11) is 0. The summed E-state index contributed by atoms with van der Waals surface area (Å²) < 4.78 is 18.9. The van der Waals surface area contributed by atoms with E-state index >= 15 is 0 Å². The number of aliphatic hydroxyl groups is 1. The van der Waals surface area contributed by atoms with E-state index in [1.54, 1.807) is 36.4 Å². The van der Waals surface area contributed by atoms with Gasteiger partial charge in [-0.05, 0) is 48.4 Å². The number of hydrogen-bond donors (Lipinski definition) is 1. The van der Waals surface area contributed by atoms with E-state index in [0.717, 1.165) is 5.56 Å². The molecule has 1 atom stereocenters. The number of benzene rings is 3. The zero-order valence-corrected chi connectivity index (χ0v) is 21.4. The summed E-state index contributed by atoms with van der Waals surface area (Å²) in [6.45, 7) is 3.04. The second kappa shape index (κ2) is 13.9. The van der Waals surface area contributed by atoms with Crippen LogP contribution in [0.15, 0.2) is 78.9 Å². The van der Waals surface area contributed by atoms with Crippen molar-refractivity contribution >= 4 is 24.1 Å². The summed E-state index contributed by atoms with van der Waals surface area (Å²) in [4.78, 5) is 29.4. The van der Waals surface area contributed by atoms with E-state index in [0.29, 0.717) is 56.0 Å². The number of ketones is 1. The topological polar surface area (TPSA) is 70.1 Å². The maximum Gasteiger partial charge on any atom is 0.253 e. The first-order valence-electron chi connectivity index (χ1n) is 12.2. The van der Waals surface area contributed by atoms with Gasteiger partial charge in [0.05, 0.1) is 5.56 Å². The molecule has 4 rings (SSSR count). The maximum atomic E-state index is 13.1. The van der Waals surface area contributed by atoms with Gasteiger partial charge in [0.2, 0.25) is 0 Å². The van der Waals surface area contributed by atoms with E-state index in [2.05, 4.69) is 4.90 Å². The highest BCUT2D eigenvalue weighted by Gasteiger charge is 2.23. The van der Waals surface area contributed by atoms with Crippen molar-refractivity contribution in [3.05, 3.63) is 101 Å². The van der Waals surface area contributed by atoms with E-state index in [1.807, 2.05) is 35.2 Å². The highest BCUT2D eigenvalue weighted by atomic mass is 35.5. The number of rotatable bonds is 10. The van der Waals surface area contributed by atoms with Crippen molar-refractivity contribution < 1.29 is 23.8 Å². The summed E-state index contributed by atoms with van der Waals surface area (Å²) in [6, 6.07) is 22.4. The van der Waals surface area contributed by atoms with Gasteiger partial charge >= 0.3 is 0 Å². The highest BCUT2D eigenvalue weighted by Crippen LogP contribution is 2.21. The van der Waals surface area contributed by atoms with Gasteiger partial charge < -0.3 is 14.7 Å². The van der Waals surface area contributed by atoms with Gasteiger partial charge in [0, 0.05) is 44.7 Å². The van der Waals surface area contributed by atoms with Crippen LogP contribution in [0.25, 0.3) is 0 Å². The van der Waals surface area contributed by atoms with Gasteiger partial charge in [-0.2, -0.15) is 0 Å². The van der Waals surface area contributed by atoms with Crippen molar-refractivity contribution in [3.8, 4) is 5.75 Å². The minimum absolute atomic E-state index is 0. The monoisotopic (exact) mass is 526 g/mol. The molecule has 196 valence electrons. The largest absolute Gasteiger partial charge is 0.490 e. The molecule has 3 aromatic rings. The number of aryl methyl sites for hydroxylation is 1. The van der Waals surface area contributed by atoms with Crippen LogP contribution in [-0.4, -0.2) is 72.0 Å². The number of carbonyl (C=O) groups excluding carboxylic acids is 2. The molecular weight excluding hydrogens is 495 g/mol. The van der Waals surface area contributed by atoms with Crippen molar-refractivity contribution in [2.45, 2.75) is 18.9 Å². The van der Waals surface area contributed by atoms with E-state index < -0.39 is 6.10 Å². The second-order valence-corrected chi connectivity index (χ2v) is 8.97. The van der Waals surface area contributed by atoms with Gasteiger partial charge in [0.25, 0.3) is 5.91 Å². The van der Waals surface area contributed by atoms with Gasteiger partial charge in [-0.3, -0.25) is 14.5 Å². The third-order valence-corrected chi connectivity index (χ3v) is 6.32. The van der Waals surface area contributed by atoms with Crippen LogP contribution in [0.3, 0.4) is 0 Å². The Kier molecular flexibility index (Phi) is 10.6. The summed E-state index contributed by atoms with van der Waals surface area (Å²) in [5.74, 6) is 0.104. The SMILES string of the molecule is Cl.O=C(CCc1ccc(F)cc1)c1ccccc1OCC(O)CN1CCN(C(=O)c2ccccc2)CC1. The number of amides is 1. The van der Waals surface area contributed by atoms with Crippen LogP contribution in [0.1, 0.15) is 32.7 Å². The lowest BCUT2D eigenvalue weighted by atomic mass is 10.0. The summed E-state index contributed by atoms with van der Waals surface area (Å²) in [6.07, 6.45) is 0.0544. The Hall–Kier alpha value is -3.26. The number of aliphatic hydroxyl groups excluding tert-OH is 1. The predicted molar refractivity (Wildman–Crippen MR) is 143 cm³/mol. The van der Waals surface area contributed by atoms with Crippen LogP contribution in [0.2, 0.25) is 0 Å². The number of halogens is 2. The Labute approximate surface area is 223 Å². The minimum atomic E-state index is -0.733. The molecule has 0 aromatic heterocycles. The average molecular weight is 527 g/mol. The van der Waals surface area contributed by atoms with Crippen LogP contribution in [-0.2, 0) is 6.42 Å². The molecule has 3 aromatic carbocycles. The second-order valence-electron chi connectivity index (χ2n) is 8.97. The standard InChI is InChI=1S/C29H31FN2O4.ClH/c30-24-13-10-22(11-14-24)12-15-27(34)26-8-4-5-9-28(26)36-21-25(33)20-31-16-18-32(19-17-31)29(35)23-6-2-1-3-7-23;/h1-11,13-14,25,33H,12,15-21H2;1H. The lowest BCUT2D eigenvalue weighted by Crippen LogP contribution is -2.51. The maximum absolute atomic E-state index is 13.1. The fourth-order valence-electron chi connectivity index (χ4n) is 4.30. The Balaban J connectivity index is 0.00000380. The summed E-state index contributed by atoms with van der Waals surface area (Å²) in [5.41, 5.74) is 2.05. The van der Waals surface area contributed by atoms with E-state index in [9.17, 15) is 19.1 Å². The van der Waals surface area contributed by atoms with Crippen LogP contribution in [0.4, 0.5) is 4.39 Å². The van der Waals surface area contributed by atoms with Gasteiger partial charge in [-0.1, -0.05) is 42.5 Å². The molecule has 1 aliphatic rings. The van der Waals surface area contributed by atoms with E-state index in [-0.39, 0.29) is 42.9 Å². The van der Waals surface area contributed by atoms with E-state index in [4.69, 9.17) is 4.74 Å². The molecule has 0 spiro atoms. The first-order valence-corrected chi connectivity index (χ1v) is 12.2. The molecular formula is C29H32ClFN2O4. The Bertz CT molecular complexity index is 1150. The number of β-amino-alcohol motifs (C(OH)–C–C–N with tert-alkyl or cyclic N) is 1. The molecule has 37 heavy (non-hydrogen) atoms. The Morgan fingerprint density at radius 1 is 0.892 bits per heavy atom. The quantitative estimate of drug-likeness (QED) is 0.400. The molecule has 6 nitrogen and oxygen atoms in total. The molecule has 1 saturated heterocycles. The van der Waals surface area contributed by atoms with Crippen molar-refractivity contribution in [1.29, 1.82) is 0 Å². The fraction of sp³-hybridized carbons (Fsp3) is 0.310. The third kappa shape index (κ3) is 8.12. The lowest BCUT2D eigenvalue weighted by Gasteiger charge is -2.35. The molecule has 1 N–H and O–H groups in total. The normalized spacial score (nSPS) is 14.5. The van der Waals surface area contributed by atoms with Gasteiger partial charge in [-0.15, -0.1) is 12.4 Å². The molecule has 0 saturated carbocycles. The number of Topliss-reactive ketones (excluding diaryl/α,β-unsaturated/α-hetero) is 1. The van der Waals surface area contributed by atoms with Gasteiger partial charge in [0.1, 0.15) is 24.3 Å². The van der Waals surface area contributed by atoms with Crippen LogP contribution in [0, 0.1) is 5.82 Å². The zero-order chi connectivity index (χ0) is 25.3. The number of ether oxygens (including phenoxy) is 1. The molecule has 1 unspecified atom stereocenters. The smallest absolute Gasteiger partial charge is 0.253 e. The number of nitrogens with zero attached hydrogens (tertiary/aromatic N) is 2. The average Bonchev–Trinajstić information content (AvgIpc) is 2.92. The summed E-state index contributed by atoms with van der Waals surface area (Å²) >= 11 is 0. The number of hydrogen-bond acceptors (Lipinski definition) is 5. The molecule has 1 aliphatic heterocycles. The first-order chi connectivity index (χ1) is 17.5. The van der Waals surface area contributed by atoms with Crippen molar-refractivity contribution in [2.24, 2.45) is 0 Å². The summed E-state index contributed by atoms with van der Waals surface area (Å²) in [5, 5.41) is 10.6. The molecule has 1 heterocycles. The van der Waals surface area contributed by atoms with Crippen molar-refractivity contribution in [1.82, 2.24) is 9.80 Å². The van der Waals surface area contributed by atoms with Gasteiger partial charge in [-0.25, -0.2) is 4.39 Å². The third-order valence-electron chi connectivity index (χ3n) is 6.32. The molecule has 0 bridgehead atoms. The van der Waals surface area contributed by atoms with E-state index in [1.165, 1.54) is 12.1 Å². The first kappa shape index (κ1) is 28.3. The van der Waals surface area contributed by atoms with Crippen LogP contribution in [0.5, 0.6) is 5.75 Å². The lowest BCUT2D eigenvalue weighted by molar-refractivity contribution is 0.0401.